The van der Waals surface area contributed by atoms with Crippen molar-refractivity contribution < 1.29 is 4.74 Å². The zero-order valence-electron chi connectivity index (χ0n) is 15.7. The molecule has 0 spiro atoms. The van der Waals surface area contributed by atoms with Crippen LogP contribution in [0.1, 0.15) is 22.5 Å². The Kier molecular flexibility index (Phi) is 5.45. The summed E-state index contributed by atoms with van der Waals surface area (Å²) >= 11 is 5.88. The van der Waals surface area contributed by atoms with Gasteiger partial charge in [-0.3, -0.25) is 4.68 Å². The van der Waals surface area contributed by atoms with Gasteiger partial charge < -0.3 is 4.74 Å². The third-order valence-corrected chi connectivity index (χ3v) is 4.91. The van der Waals surface area contributed by atoms with E-state index in [1.54, 1.807) is 0 Å². The van der Waals surface area contributed by atoms with E-state index in [2.05, 4.69) is 47.6 Å². The van der Waals surface area contributed by atoms with Gasteiger partial charge in [-0.2, -0.15) is 5.10 Å². The summed E-state index contributed by atoms with van der Waals surface area (Å²) in [6, 6.07) is 24.7. The Morgan fingerprint density at radius 1 is 0.964 bits per heavy atom. The fraction of sp³-hybridized carbons (Fsp3) is 0.125. The largest absolute Gasteiger partial charge is 0.488 e. The van der Waals surface area contributed by atoms with Crippen LogP contribution in [0.5, 0.6) is 5.75 Å². The Balaban J connectivity index is 1.65. The highest BCUT2D eigenvalue weighted by molar-refractivity contribution is 6.16. The quantitative estimate of drug-likeness (QED) is 0.375. The van der Waals surface area contributed by atoms with Crippen LogP contribution in [0, 0.1) is 0 Å². The molecule has 0 aliphatic rings. The van der Waals surface area contributed by atoms with Crippen molar-refractivity contribution in [1.82, 2.24) is 9.78 Å². The van der Waals surface area contributed by atoms with E-state index in [-0.39, 0.29) is 0 Å². The van der Waals surface area contributed by atoms with Crippen LogP contribution in [0.3, 0.4) is 0 Å². The molecule has 0 saturated heterocycles. The molecule has 0 atom stereocenters. The third-order valence-electron chi connectivity index (χ3n) is 4.63. The lowest BCUT2D eigenvalue weighted by Crippen LogP contribution is -1.96. The van der Waals surface area contributed by atoms with Crippen molar-refractivity contribution in [3.63, 3.8) is 0 Å². The van der Waals surface area contributed by atoms with E-state index < -0.39 is 0 Å². The summed E-state index contributed by atoms with van der Waals surface area (Å²) < 4.78 is 8.01. The van der Waals surface area contributed by atoms with Gasteiger partial charge in [0.2, 0.25) is 0 Å². The highest BCUT2D eigenvalue weighted by atomic mass is 35.5. The standard InChI is InChI=1S/C24H21ClN2O/c1-27-22(15-21(16-25)26-27)12-11-19-13-20-9-5-6-10-23(20)24(14-19)28-17-18-7-3-2-4-8-18/h2-15H,16-17H2,1H3/b12-11+. The molecule has 0 unspecified atom stereocenters. The maximum absolute atomic E-state index is 6.17. The molecule has 3 aromatic carbocycles. The highest BCUT2D eigenvalue weighted by Gasteiger charge is 2.06. The zero-order chi connectivity index (χ0) is 19.3. The first kappa shape index (κ1) is 18.3. The summed E-state index contributed by atoms with van der Waals surface area (Å²) in [7, 11) is 1.92. The van der Waals surface area contributed by atoms with Gasteiger partial charge in [0.15, 0.2) is 0 Å². The summed E-state index contributed by atoms with van der Waals surface area (Å²) in [6.45, 7) is 0.540. The summed E-state index contributed by atoms with van der Waals surface area (Å²) in [5.74, 6) is 1.29. The summed E-state index contributed by atoms with van der Waals surface area (Å²) in [4.78, 5) is 0. The van der Waals surface area contributed by atoms with Crippen LogP contribution < -0.4 is 4.74 Å². The minimum absolute atomic E-state index is 0.412. The van der Waals surface area contributed by atoms with Gasteiger partial charge in [0, 0.05) is 12.4 Å². The maximum Gasteiger partial charge on any atom is 0.128 e. The number of halogens is 1. The Labute approximate surface area is 169 Å². The summed E-state index contributed by atoms with van der Waals surface area (Å²) in [5, 5.41) is 6.64. The van der Waals surface area contributed by atoms with Crippen molar-refractivity contribution in [3.8, 4) is 5.75 Å². The topological polar surface area (TPSA) is 27.1 Å². The van der Waals surface area contributed by atoms with Crippen molar-refractivity contribution in [2.45, 2.75) is 12.5 Å². The van der Waals surface area contributed by atoms with Gasteiger partial charge >= 0.3 is 0 Å². The van der Waals surface area contributed by atoms with E-state index in [9.17, 15) is 0 Å². The van der Waals surface area contributed by atoms with E-state index in [1.807, 2.05) is 54.2 Å². The fourth-order valence-corrected chi connectivity index (χ4v) is 3.33. The predicted octanol–water partition coefficient (Wildman–Crippen LogP) is 6.06. The molecule has 0 saturated carbocycles. The number of hydrogen-bond acceptors (Lipinski definition) is 2. The number of rotatable bonds is 6. The van der Waals surface area contributed by atoms with E-state index in [0.29, 0.717) is 12.5 Å². The molecule has 0 aliphatic carbocycles. The van der Waals surface area contributed by atoms with Gasteiger partial charge in [-0.15, -0.1) is 11.6 Å². The van der Waals surface area contributed by atoms with Crippen molar-refractivity contribution in [2.75, 3.05) is 0 Å². The number of nitrogens with zero attached hydrogens (tertiary/aromatic N) is 2. The number of alkyl halides is 1. The lowest BCUT2D eigenvalue weighted by atomic mass is 10.1. The summed E-state index contributed by atoms with van der Waals surface area (Å²) in [6.07, 6.45) is 4.13. The van der Waals surface area contributed by atoms with Crippen molar-refractivity contribution in [3.05, 3.63) is 95.3 Å². The second-order valence-corrected chi connectivity index (χ2v) is 6.93. The molecule has 0 amide bonds. The molecule has 0 fully saturated rings. The molecule has 0 bridgehead atoms. The molecule has 3 nitrogen and oxygen atoms in total. The average molecular weight is 389 g/mol. The minimum atomic E-state index is 0.412. The Morgan fingerprint density at radius 2 is 1.75 bits per heavy atom. The van der Waals surface area contributed by atoms with Crippen molar-refractivity contribution in [2.24, 2.45) is 7.05 Å². The van der Waals surface area contributed by atoms with Crippen LogP contribution in [0.15, 0.2) is 72.8 Å². The van der Waals surface area contributed by atoms with Gasteiger partial charge in [0.1, 0.15) is 12.4 Å². The maximum atomic E-state index is 6.17. The molecular weight excluding hydrogens is 368 g/mol. The number of benzene rings is 3. The summed E-state index contributed by atoms with van der Waals surface area (Å²) in [5.41, 5.74) is 4.11. The number of aryl methyl sites for hydroxylation is 1. The first-order chi connectivity index (χ1) is 13.7. The van der Waals surface area contributed by atoms with Crippen LogP contribution in [0.25, 0.3) is 22.9 Å². The number of fused-ring (bicyclic) bond motifs is 1. The molecule has 0 radical (unpaired) electrons. The second-order valence-electron chi connectivity index (χ2n) is 6.67. The molecular formula is C24H21ClN2O. The smallest absolute Gasteiger partial charge is 0.128 e. The normalized spacial score (nSPS) is 11.4. The van der Waals surface area contributed by atoms with E-state index in [4.69, 9.17) is 16.3 Å². The van der Waals surface area contributed by atoms with Crippen LogP contribution >= 0.6 is 11.6 Å². The van der Waals surface area contributed by atoms with Gasteiger partial charge in [-0.05, 0) is 40.8 Å². The fourth-order valence-electron chi connectivity index (χ4n) is 3.19. The molecule has 0 aliphatic heterocycles. The number of ether oxygens (including phenoxy) is 1. The van der Waals surface area contributed by atoms with Gasteiger partial charge in [0.05, 0.1) is 17.3 Å². The van der Waals surface area contributed by atoms with Gasteiger partial charge in [0.25, 0.3) is 0 Å². The molecule has 1 heterocycles. The molecule has 0 N–H and O–H groups in total. The predicted molar refractivity (Wildman–Crippen MR) is 116 cm³/mol. The van der Waals surface area contributed by atoms with E-state index in [1.165, 1.54) is 0 Å². The lowest BCUT2D eigenvalue weighted by Gasteiger charge is -2.11. The highest BCUT2D eigenvalue weighted by Crippen LogP contribution is 2.29. The van der Waals surface area contributed by atoms with Crippen LogP contribution in [-0.2, 0) is 19.5 Å². The monoisotopic (exact) mass is 388 g/mol. The first-order valence-electron chi connectivity index (χ1n) is 9.19. The van der Waals surface area contributed by atoms with E-state index in [0.717, 1.165) is 39.0 Å². The molecule has 4 rings (SSSR count). The average Bonchev–Trinajstić information content (AvgIpc) is 3.11. The first-order valence-corrected chi connectivity index (χ1v) is 9.73. The van der Waals surface area contributed by atoms with Crippen molar-refractivity contribution in [1.29, 1.82) is 0 Å². The molecule has 4 heteroatoms. The lowest BCUT2D eigenvalue weighted by molar-refractivity contribution is 0.310. The number of hydrogen-bond donors (Lipinski definition) is 0. The Hall–Kier alpha value is -3.04. The Bertz CT molecular complexity index is 1120. The zero-order valence-corrected chi connectivity index (χ0v) is 16.4. The molecule has 140 valence electrons. The van der Waals surface area contributed by atoms with Crippen molar-refractivity contribution >= 4 is 34.5 Å². The van der Waals surface area contributed by atoms with Crippen LogP contribution in [0.4, 0.5) is 0 Å². The third kappa shape index (κ3) is 4.10. The Morgan fingerprint density at radius 3 is 2.54 bits per heavy atom. The minimum Gasteiger partial charge on any atom is -0.488 e. The molecule has 4 aromatic rings. The number of aromatic nitrogens is 2. The van der Waals surface area contributed by atoms with Gasteiger partial charge in [-0.25, -0.2) is 0 Å². The SMILES string of the molecule is Cn1nc(CCl)cc1/C=C/c1cc(OCc2ccccc2)c2ccccc2c1. The molecule has 1 aromatic heterocycles. The van der Waals surface area contributed by atoms with Crippen LogP contribution in [0.2, 0.25) is 0 Å². The van der Waals surface area contributed by atoms with E-state index >= 15 is 0 Å². The van der Waals surface area contributed by atoms with Crippen LogP contribution in [-0.4, -0.2) is 9.78 Å². The van der Waals surface area contributed by atoms with Gasteiger partial charge in [-0.1, -0.05) is 60.7 Å². The molecule has 28 heavy (non-hydrogen) atoms. The second kappa shape index (κ2) is 8.32.